The van der Waals surface area contributed by atoms with Gasteiger partial charge in [0.2, 0.25) is 0 Å². The molecule has 1 atom stereocenters. The number of aryl methyl sites for hydroxylation is 1. The van der Waals surface area contributed by atoms with E-state index in [4.69, 9.17) is 5.11 Å². The molecule has 1 fully saturated rings. The molecule has 1 heterocycles. The van der Waals surface area contributed by atoms with Crippen LogP contribution in [0.3, 0.4) is 0 Å². The first-order valence-corrected chi connectivity index (χ1v) is 6.44. The third-order valence-corrected chi connectivity index (χ3v) is 4.12. The first kappa shape index (κ1) is 11.9. The van der Waals surface area contributed by atoms with Gasteiger partial charge in [0.05, 0.1) is 12.2 Å². The predicted molar refractivity (Wildman–Crippen MR) is 62.0 cm³/mol. The smallest absolute Gasteiger partial charge is 0.323 e. The number of nitrogens with zero attached hydrogens (tertiary/aromatic N) is 1. The van der Waals surface area contributed by atoms with E-state index in [-0.39, 0.29) is 6.54 Å². The molecule has 1 aromatic rings. The lowest BCUT2D eigenvalue weighted by molar-refractivity contribution is -0.138. The number of hydrogen-bond acceptors (Lipinski definition) is 3. The Morgan fingerprint density at radius 3 is 2.65 bits per heavy atom. The third kappa shape index (κ3) is 2.11. The van der Waals surface area contributed by atoms with Gasteiger partial charge in [-0.15, -0.1) is 0 Å². The van der Waals surface area contributed by atoms with Gasteiger partial charge in [0, 0.05) is 0 Å². The Balaban J connectivity index is 2.41. The highest BCUT2D eigenvalue weighted by molar-refractivity contribution is 7.91. The summed E-state index contributed by atoms with van der Waals surface area (Å²) < 4.78 is 26.8. The maximum atomic E-state index is 11.8. The molecule has 0 radical (unpaired) electrons. The molecule has 1 aromatic carbocycles. The number of aliphatic carboxylic acids is 1. The first-order valence-electron chi connectivity index (χ1n) is 5.00. The highest BCUT2D eigenvalue weighted by atomic mass is 32.2. The molecule has 0 aromatic heterocycles. The van der Waals surface area contributed by atoms with Gasteiger partial charge in [-0.05, 0) is 18.6 Å². The van der Waals surface area contributed by atoms with Gasteiger partial charge in [0.25, 0.3) is 0 Å². The van der Waals surface area contributed by atoms with Crippen molar-refractivity contribution in [2.45, 2.75) is 13.0 Å². The molecule has 6 nitrogen and oxygen atoms in total. The Labute approximate surface area is 99.0 Å². The molecule has 0 amide bonds. The lowest BCUT2D eigenvalue weighted by atomic mass is 10.2. The number of para-hydroxylation sites is 1. The van der Waals surface area contributed by atoms with Crippen LogP contribution in [-0.4, -0.2) is 32.1 Å². The van der Waals surface area contributed by atoms with Crippen LogP contribution >= 0.6 is 0 Å². The van der Waals surface area contributed by atoms with Gasteiger partial charge in [-0.1, -0.05) is 18.2 Å². The summed E-state index contributed by atoms with van der Waals surface area (Å²) in [5, 5.41) is 8.83. The van der Waals surface area contributed by atoms with Gasteiger partial charge in [0.15, 0.2) is 0 Å². The van der Waals surface area contributed by atoms with E-state index < -0.39 is 22.2 Å². The van der Waals surface area contributed by atoms with E-state index in [0.29, 0.717) is 5.69 Å². The van der Waals surface area contributed by atoms with Crippen molar-refractivity contribution in [2.75, 3.05) is 10.8 Å². The van der Waals surface area contributed by atoms with Gasteiger partial charge in [-0.2, -0.15) is 13.1 Å². The Kier molecular flexibility index (Phi) is 2.80. The van der Waals surface area contributed by atoms with Crippen molar-refractivity contribution in [1.29, 1.82) is 0 Å². The largest absolute Gasteiger partial charge is 0.480 e. The molecule has 0 spiro atoms. The average Bonchev–Trinajstić information content (AvgIpc) is 2.55. The van der Waals surface area contributed by atoms with Gasteiger partial charge in [-0.3, -0.25) is 9.10 Å². The fourth-order valence-electron chi connectivity index (χ4n) is 1.74. The maximum Gasteiger partial charge on any atom is 0.323 e. The number of carbonyl (C=O) groups is 1. The Morgan fingerprint density at radius 2 is 2.12 bits per heavy atom. The first-order chi connectivity index (χ1) is 7.92. The molecule has 2 rings (SSSR count). The van der Waals surface area contributed by atoms with Crippen LogP contribution < -0.4 is 9.03 Å². The van der Waals surface area contributed by atoms with E-state index in [9.17, 15) is 13.2 Å². The topological polar surface area (TPSA) is 86.7 Å². The Hall–Kier alpha value is -1.60. The molecule has 0 bridgehead atoms. The summed E-state index contributed by atoms with van der Waals surface area (Å²) in [5.41, 5.74) is 1.28. The summed E-state index contributed by atoms with van der Waals surface area (Å²) in [6.07, 6.45) is 0. The number of benzene rings is 1. The summed E-state index contributed by atoms with van der Waals surface area (Å²) in [5.74, 6) is -1.18. The Bertz CT molecular complexity index is 555. The van der Waals surface area contributed by atoms with E-state index in [1.807, 2.05) is 0 Å². The van der Waals surface area contributed by atoms with Crippen molar-refractivity contribution in [3.05, 3.63) is 29.8 Å². The SMILES string of the molecule is Cc1ccccc1N1CC(C(=O)O)NS1(=O)=O. The van der Waals surface area contributed by atoms with Crippen LogP contribution in [0.2, 0.25) is 0 Å². The summed E-state index contributed by atoms with van der Waals surface area (Å²) >= 11 is 0. The fraction of sp³-hybridized carbons (Fsp3) is 0.300. The van der Waals surface area contributed by atoms with Crippen LogP contribution in [0.5, 0.6) is 0 Å². The van der Waals surface area contributed by atoms with Crippen molar-refractivity contribution in [3.8, 4) is 0 Å². The molecule has 1 unspecified atom stereocenters. The fourth-order valence-corrected chi connectivity index (χ4v) is 3.22. The molecule has 1 saturated heterocycles. The van der Waals surface area contributed by atoms with Crippen LogP contribution in [0.1, 0.15) is 5.56 Å². The molecule has 1 aliphatic rings. The van der Waals surface area contributed by atoms with Crippen molar-refractivity contribution in [3.63, 3.8) is 0 Å². The minimum Gasteiger partial charge on any atom is -0.480 e. The molecule has 7 heteroatoms. The molecular weight excluding hydrogens is 244 g/mol. The predicted octanol–water partition coefficient (Wildman–Crippen LogP) is 0.103. The highest BCUT2D eigenvalue weighted by Gasteiger charge is 2.39. The summed E-state index contributed by atoms with van der Waals surface area (Å²) in [6.45, 7) is 1.68. The summed E-state index contributed by atoms with van der Waals surface area (Å²) in [6, 6.07) is 5.84. The number of carboxylic acids is 1. The number of carboxylic acid groups (broad SMARTS) is 1. The number of hydrogen-bond donors (Lipinski definition) is 2. The van der Waals surface area contributed by atoms with Crippen molar-refractivity contribution in [2.24, 2.45) is 0 Å². The van der Waals surface area contributed by atoms with Crippen LogP contribution in [0.4, 0.5) is 5.69 Å². The van der Waals surface area contributed by atoms with Gasteiger partial charge in [-0.25, -0.2) is 0 Å². The van der Waals surface area contributed by atoms with Crippen LogP contribution in [0.15, 0.2) is 24.3 Å². The zero-order valence-electron chi connectivity index (χ0n) is 9.12. The van der Waals surface area contributed by atoms with Crippen LogP contribution in [0, 0.1) is 6.92 Å². The Morgan fingerprint density at radius 1 is 1.47 bits per heavy atom. The van der Waals surface area contributed by atoms with E-state index in [1.54, 1.807) is 31.2 Å². The third-order valence-electron chi connectivity index (χ3n) is 2.61. The molecular formula is C10H12N2O4S. The van der Waals surface area contributed by atoms with E-state index in [2.05, 4.69) is 4.72 Å². The molecule has 2 N–H and O–H groups in total. The number of nitrogens with one attached hydrogen (secondary N) is 1. The zero-order chi connectivity index (χ0) is 12.6. The standard InChI is InChI=1S/C10H12N2O4S/c1-7-4-2-3-5-9(7)12-6-8(10(13)14)11-17(12,15)16/h2-5,8,11H,6H2,1H3,(H,13,14). The molecule has 17 heavy (non-hydrogen) atoms. The monoisotopic (exact) mass is 256 g/mol. The molecule has 0 aliphatic carbocycles. The summed E-state index contributed by atoms with van der Waals surface area (Å²) in [4.78, 5) is 10.8. The maximum absolute atomic E-state index is 11.8. The van der Waals surface area contributed by atoms with E-state index in [0.717, 1.165) is 9.87 Å². The highest BCUT2D eigenvalue weighted by Crippen LogP contribution is 2.25. The lowest BCUT2D eigenvalue weighted by Crippen LogP contribution is -2.34. The quantitative estimate of drug-likeness (QED) is 0.786. The summed E-state index contributed by atoms with van der Waals surface area (Å²) in [7, 11) is -3.75. The van der Waals surface area contributed by atoms with Crippen molar-refractivity contribution >= 4 is 21.9 Å². The van der Waals surface area contributed by atoms with E-state index >= 15 is 0 Å². The van der Waals surface area contributed by atoms with Crippen molar-refractivity contribution < 1.29 is 18.3 Å². The second kappa shape index (κ2) is 4.01. The van der Waals surface area contributed by atoms with Gasteiger partial charge >= 0.3 is 16.2 Å². The number of rotatable bonds is 2. The lowest BCUT2D eigenvalue weighted by Gasteiger charge is -2.17. The van der Waals surface area contributed by atoms with E-state index in [1.165, 1.54) is 0 Å². The molecule has 0 saturated carbocycles. The van der Waals surface area contributed by atoms with Gasteiger partial charge < -0.3 is 5.11 Å². The zero-order valence-corrected chi connectivity index (χ0v) is 9.94. The minimum absolute atomic E-state index is 0.0947. The van der Waals surface area contributed by atoms with Gasteiger partial charge in [0.1, 0.15) is 6.04 Å². The minimum atomic E-state index is -3.75. The van der Waals surface area contributed by atoms with Crippen LogP contribution in [0.25, 0.3) is 0 Å². The molecule has 1 aliphatic heterocycles. The molecule has 92 valence electrons. The average molecular weight is 256 g/mol. The normalized spacial score (nSPS) is 22.6. The second-order valence-corrected chi connectivity index (χ2v) is 5.46. The van der Waals surface area contributed by atoms with Crippen molar-refractivity contribution in [1.82, 2.24) is 4.72 Å². The van der Waals surface area contributed by atoms with Crippen LogP contribution in [-0.2, 0) is 15.0 Å². The number of anilines is 1. The second-order valence-electron chi connectivity index (χ2n) is 3.83.